The normalized spacial score (nSPS) is 25.4. The molecular formula is C14H16Zr. The van der Waals surface area contributed by atoms with Crippen LogP contribution in [-0.2, 0) is 26.2 Å². The Balaban J connectivity index is 0.00000112. The van der Waals surface area contributed by atoms with Crippen molar-refractivity contribution in [1.82, 2.24) is 0 Å². The summed E-state index contributed by atoms with van der Waals surface area (Å²) in [4.78, 5) is 0. The van der Waals surface area contributed by atoms with Crippen LogP contribution in [0.1, 0.15) is 24.8 Å². The Morgan fingerprint density at radius 1 is 1.20 bits per heavy atom. The fourth-order valence-electron chi connectivity index (χ4n) is 2.01. The van der Waals surface area contributed by atoms with E-state index in [1.807, 2.05) is 6.07 Å². The molecule has 1 aliphatic rings. The third kappa shape index (κ3) is 3.72. The Morgan fingerprint density at radius 2 is 1.93 bits per heavy atom. The molecule has 0 unspecified atom stereocenters. The van der Waals surface area contributed by atoms with E-state index < -0.39 is 0 Å². The number of hydrogen-bond donors (Lipinski definition) is 0. The second-order valence-corrected chi connectivity index (χ2v) is 4.02. The van der Waals surface area contributed by atoms with Crippen molar-refractivity contribution in [2.24, 2.45) is 11.8 Å². The van der Waals surface area contributed by atoms with Crippen molar-refractivity contribution in [2.75, 3.05) is 0 Å². The van der Waals surface area contributed by atoms with Crippen LogP contribution in [0.15, 0.2) is 30.3 Å². The third-order valence-corrected chi connectivity index (χ3v) is 2.92. The first-order chi connectivity index (χ1) is 6.86. The van der Waals surface area contributed by atoms with Gasteiger partial charge in [0, 0.05) is 0 Å². The van der Waals surface area contributed by atoms with Crippen molar-refractivity contribution < 1.29 is 26.2 Å². The molecule has 15 heavy (non-hydrogen) atoms. The van der Waals surface area contributed by atoms with Crippen molar-refractivity contribution in [2.45, 2.75) is 19.3 Å². The van der Waals surface area contributed by atoms with Gasteiger partial charge in [-0.3, -0.25) is 6.08 Å². The van der Waals surface area contributed by atoms with E-state index in [-0.39, 0.29) is 26.2 Å². The molecule has 2 rings (SSSR count). The standard InChI is InChI=1S/C14H16.Zr/c1-12-6-5-9-14(12)11-10-13-7-3-2-4-8-13;/h2-4,7-8,10,12,14H,1,5-6,9H2;/q-2;+2/t12-,14+;/m1./s1. The van der Waals surface area contributed by atoms with Gasteiger partial charge < -0.3 is 6.92 Å². The molecule has 0 nitrogen and oxygen atoms in total. The van der Waals surface area contributed by atoms with Crippen LogP contribution in [0.5, 0.6) is 0 Å². The summed E-state index contributed by atoms with van der Waals surface area (Å²) in [5.41, 5.74) is 1.24. The molecule has 1 aromatic rings. The average molecular weight is 276 g/mol. The van der Waals surface area contributed by atoms with Gasteiger partial charge in [0.25, 0.3) is 0 Å². The van der Waals surface area contributed by atoms with Gasteiger partial charge in [0.15, 0.2) is 0 Å². The fourth-order valence-corrected chi connectivity index (χ4v) is 2.01. The molecule has 0 radical (unpaired) electrons. The fraction of sp³-hybridized carbons (Fsp3) is 0.357. The molecular weight excluding hydrogens is 259 g/mol. The molecule has 1 saturated carbocycles. The number of hydrogen-bond acceptors (Lipinski definition) is 0. The van der Waals surface area contributed by atoms with Crippen LogP contribution in [0.4, 0.5) is 0 Å². The molecule has 76 valence electrons. The van der Waals surface area contributed by atoms with Gasteiger partial charge in [0.2, 0.25) is 0 Å². The molecule has 0 aromatic heterocycles. The maximum atomic E-state index is 4.15. The molecule has 0 heterocycles. The Morgan fingerprint density at radius 3 is 2.53 bits per heavy atom. The van der Waals surface area contributed by atoms with Gasteiger partial charge in [0.1, 0.15) is 0 Å². The van der Waals surface area contributed by atoms with Gasteiger partial charge in [-0.05, 0) is 0 Å². The monoisotopic (exact) mass is 274 g/mol. The predicted octanol–water partition coefficient (Wildman–Crippen LogP) is 3.75. The van der Waals surface area contributed by atoms with Crippen LogP contribution in [0, 0.1) is 24.8 Å². The Labute approximate surface area is 112 Å². The molecule has 1 fully saturated rings. The van der Waals surface area contributed by atoms with E-state index in [1.165, 1.54) is 24.8 Å². The van der Waals surface area contributed by atoms with E-state index in [9.17, 15) is 0 Å². The molecule has 0 spiro atoms. The summed E-state index contributed by atoms with van der Waals surface area (Å²) in [6.45, 7) is 4.15. The maximum absolute atomic E-state index is 4.15. The van der Waals surface area contributed by atoms with Crippen molar-refractivity contribution in [1.29, 1.82) is 0 Å². The van der Waals surface area contributed by atoms with Crippen LogP contribution in [0.3, 0.4) is 0 Å². The number of rotatable bonds is 2. The van der Waals surface area contributed by atoms with Crippen LogP contribution >= 0.6 is 0 Å². The minimum absolute atomic E-state index is 0. The average Bonchev–Trinajstić information content (AvgIpc) is 2.63. The zero-order valence-corrected chi connectivity index (χ0v) is 11.4. The largest absolute Gasteiger partial charge is 2.00 e. The first-order valence-corrected chi connectivity index (χ1v) is 5.33. The zero-order chi connectivity index (χ0) is 9.80. The van der Waals surface area contributed by atoms with Crippen LogP contribution in [0.2, 0.25) is 0 Å². The van der Waals surface area contributed by atoms with Gasteiger partial charge in [0.05, 0.1) is 0 Å². The van der Waals surface area contributed by atoms with Crippen LogP contribution in [-0.4, -0.2) is 0 Å². The van der Waals surface area contributed by atoms with Gasteiger partial charge in [-0.15, -0.1) is 18.1 Å². The summed E-state index contributed by atoms with van der Waals surface area (Å²) in [6, 6.07) is 10.4. The summed E-state index contributed by atoms with van der Waals surface area (Å²) in [6.07, 6.45) is 9.41. The molecule has 1 heteroatoms. The van der Waals surface area contributed by atoms with E-state index in [1.54, 1.807) is 0 Å². The maximum Gasteiger partial charge on any atom is 2.00 e. The smallest absolute Gasteiger partial charge is 0.341 e. The zero-order valence-electron chi connectivity index (χ0n) is 8.95. The molecule has 0 amide bonds. The van der Waals surface area contributed by atoms with Gasteiger partial charge in [-0.25, -0.2) is 6.08 Å². The second-order valence-electron chi connectivity index (χ2n) is 4.02. The SMILES string of the molecule is [CH2-][C@@H]1CCC[C@H]1[C-]=Cc1ccccc1.[Zr+2]. The minimum atomic E-state index is 0. The molecule has 2 atom stereocenters. The Bertz CT molecular complexity index is 302. The molecule has 0 bridgehead atoms. The van der Waals surface area contributed by atoms with Crippen molar-refractivity contribution in [3.63, 3.8) is 0 Å². The van der Waals surface area contributed by atoms with Crippen LogP contribution in [0.25, 0.3) is 6.08 Å². The summed E-state index contributed by atoms with van der Waals surface area (Å²) in [5.74, 6) is 1.16. The number of benzene rings is 1. The molecule has 0 N–H and O–H groups in total. The van der Waals surface area contributed by atoms with Gasteiger partial charge in [-0.1, -0.05) is 37.5 Å². The summed E-state index contributed by atoms with van der Waals surface area (Å²) in [5, 5.41) is 0. The first kappa shape index (κ1) is 12.9. The van der Waals surface area contributed by atoms with Crippen molar-refractivity contribution >= 4 is 6.08 Å². The van der Waals surface area contributed by atoms with E-state index in [0.717, 1.165) is 0 Å². The summed E-state index contributed by atoms with van der Waals surface area (Å²) < 4.78 is 0. The molecule has 0 aliphatic heterocycles. The summed E-state index contributed by atoms with van der Waals surface area (Å²) >= 11 is 0. The third-order valence-electron chi connectivity index (χ3n) is 2.92. The minimum Gasteiger partial charge on any atom is -0.341 e. The number of allylic oxidation sites excluding steroid dienone is 1. The van der Waals surface area contributed by atoms with Crippen molar-refractivity contribution in [3.05, 3.63) is 48.9 Å². The quantitative estimate of drug-likeness (QED) is 0.721. The van der Waals surface area contributed by atoms with E-state index in [2.05, 4.69) is 43.3 Å². The Hall–Kier alpha value is -0.157. The molecule has 0 saturated heterocycles. The van der Waals surface area contributed by atoms with E-state index in [4.69, 9.17) is 0 Å². The Kier molecular flexibility index (Phi) is 5.54. The van der Waals surface area contributed by atoms with E-state index >= 15 is 0 Å². The van der Waals surface area contributed by atoms with Crippen molar-refractivity contribution in [3.8, 4) is 0 Å². The van der Waals surface area contributed by atoms with Gasteiger partial charge >= 0.3 is 26.2 Å². The first-order valence-electron chi connectivity index (χ1n) is 5.33. The van der Waals surface area contributed by atoms with Gasteiger partial charge in [-0.2, -0.15) is 11.5 Å². The topological polar surface area (TPSA) is 0 Å². The predicted molar refractivity (Wildman–Crippen MR) is 60.3 cm³/mol. The molecule has 1 aliphatic carbocycles. The van der Waals surface area contributed by atoms with Crippen LogP contribution < -0.4 is 0 Å². The summed E-state index contributed by atoms with van der Waals surface area (Å²) in [7, 11) is 0. The second kappa shape index (κ2) is 6.43. The molecule has 1 aromatic carbocycles. The van der Waals surface area contributed by atoms with E-state index in [0.29, 0.717) is 11.8 Å².